The first-order valence-electron chi connectivity index (χ1n) is 7.84. The molecule has 1 aromatic rings. The largest absolute Gasteiger partial charge is 0.314 e. The van der Waals surface area contributed by atoms with Gasteiger partial charge in [0.05, 0.1) is 0 Å². The van der Waals surface area contributed by atoms with Crippen LogP contribution in [-0.2, 0) is 6.42 Å². The average molecular weight is 259 g/mol. The van der Waals surface area contributed by atoms with E-state index in [-0.39, 0.29) is 0 Å². The Morgan fingerprint density at radius 2 is 1.95 bits per heavy atom. The number of rotatable bonds is 5. The smallest absolute Gasteiger partial charge is 0.00724 e. The third-order valence-corrected chi connectivity index (χ3v) is 4.61. The molecule has 1 fully saturated rings. The maximum Gasteiger partial charge on any atom is 0.00724 e. The van der Waals surface area contributed by atoms with E-state index in [4.69, 9.17) is 0 Å². The highest BCUT2D eigenvalue weighted by molar-refractivity contribution is 5.25. The Bertz CT molecular complexity index is 393. The molecule has 0 radical (unpaired) electrons. The van der Waals surface area contributed by atoms with E-state index < -0.39 is 0 Å². The molecular weight excluding hydrogens is 230 g/mol. The Kier molecular flexibility index (Phi) is 4.67. The summed E-state index contributed by atoms with van der Waals surface area (Å²) < 4.78 is 0. The van der Waals surface area contributed by atoms with Gasteiger partial charge in [-0.1, -0.05) is 52.0 Å². The highest BCUT2D eigenvalue weighted by Crippen LogP contribution is 2.40. The number of hydrogen-bond donors (Lipinski definition) is 1. The van der Waals surface area contributed by atoms with E-state index in [0.717, 1.165) is 12.6 Å². The Morgan fingerprint density at radius 3 is 2.53 bits per heavy atom. The van der Waals surface area contributed by atoms with E-state index >= 15 is 0 Å². The van der Waals surface area contributed by atoms with Gasteiger partial charge in [-0.2, -0.15) is 0 Å². The highest BCUT2D eigenvalue weighted by atomic mass is 14.9. The molecule has 1 heteroatoms. The third-order valence-electron chi connectivity index (χ3n) is 4.61. The molecule has 0 bridgehead atoms. The summed E-state index contributed by atoms with van der Waals surface area (Å²) in [7, 11) is 0. The molecule has 2 atom stereocenters. The van der Waals surface area contributed by atoms with E-state index in [9.17, 15) is 0 Å². The standard InChI is InChI=1S/C18H29N/c1-5-19-17-10-11-18(4,13-17)12-15-6-8-16(9-7-15)14(2)3/h6-9,14,17,19H,5,10-13H2,1-4H3. The molecule has 2 rings (SSSR count). The molecule has 19 heavy (non-hydrogen) atoms. The maximum absolute atomic E-state index is 3.61. The van der Waals surface area contributed by atoms with Gasteiger partial charge < -0.3 is 5.32 Å². The van der Waals surface area contributed by atoms with Crippen LogP contribution in [0.15, 0.2) is 24.3 Å². The summed E-state index contributed by atoms with van der Waals surface area (Å²) in [4.78, 5) is 0. The van der Waals surface area contributed by atoms with Crippen molar-refractivity contribution in [3.63, 3.8) is 0 Å². The third kappa shape index (κ3) is 3.82. The Morgan fingerprint density at radius 1 is 1.26 bits per heavy atom. The zero-order valence-electron chi connectivity index (χ0n) is 13.0. The number of hydrogen-bond acceptors (Lipinski definition) is 1. The lowest BCUT2D eigenvalue weighted by molar-refractivity contribution is 0.322. The van der Waals surface area contributed by atoms with Crippen LogP contribution >= 0.6 is 0 Å². The van der Waals surface area contributed by atoms with Crippen molar-refractivity contribution >= 4 is 0 Å². The van der Waals surface area contributed by atoms with Gasteiger partial charge in [0.15, 0.2) is 0 Å². The van der Waals surface area contributed by atoms with Crippen LogP contribution in [-0.4, -0.2) is 12.6 Å². The van der Waals surface area contributed by atoms with E-state index in [2.05, 4.69) is 57.3 Å². The molecule has 0 spiro atoms. The molecule has 1 N–H and O–H groups in total. The summed E-state index contributed by atoms with van der Waals surface area (Å²) in [6, 6.07) is 10.0. The minimum absolute atomic E-state index is 0.492. The number of benzene rings is 1. The quantitative estimate of drug-likeness (QED) is 0.819. The lowest BCUT2D eigenvalue weighted by Gasteiger charge is -2.24. The van der Waals surface area contributed by atoms with E-state index in [0.29, 0.717) is 11.3 Å². The zero-order chi connectivity index (χ0) is 13.9. The van der Waals surface area contributed by atoms with Gasteiger partial charge in [0.25, 0.3) is 0 Å². The van der Waals surface area contributed by atoms with Crippen molar-refractivity contribution in [3.05, 3.63) is 35.4 Å². The average Bonchev–Trinajstić information content (AvgIpc) is 2.72. The molecule has 1 saturated carbocycles. The van der Waals surface area contributed by atoms with Gasteiger partial charge in [0.2, 0.25) is 0 Å². The van der Waals surface area contributed by atoms with Crippen molar-refractivity contribution in [1.82, 2.24) is 5.32 Å². The fourth-order valence-electron chi connectivity index (χ4n) is 3.46. The molecule has 0 amide bonds. The predicted molar refractivity (Wildman–Crippen MR) is 83.7 cm³/mol. The summed E-state index contributed by atoms with van der Waals surface area (Å²) in [5.41, 5.74) is 3.45. The first-order chi connectivity index (χ1) is 9.02. The molecule has 1 aromatic carbocycles. The molecule has 1 aliphatic carbocycles. The predicted octanol–water partition coefficient (Wildman–Crippen LogP) is 4.52. The van der Waals surface area contributed by atoms with Gasteiger partial charge in [-0.25, -0.2) is 0 Å². The van der Waals surface area contributed by atoms with E-state index in [1.165, 1.54) is 36.8 Å². The van der Waals surface area contributed by atoms with Gasteiger partial charge in [-0.05, 0) is 54.7 Å². The SMILES string of the molecule is CCNC1CCC(C)(Cc2ccc(C(C)C)cc2)C1. The van der Waals surface area contributed by atoms with Gasteiger partial charge >= 0.3 is 0 Å². The molecule has 1 nitrogen and oxygen atoms in total. The van der Waals surface area contributed by atoms with Gasteiger partial charge in [-0.15, -0.1) is 0 Å². The molecule has 0 aliphatic heterocycles. The summed E-state index contributed by atoms with van der Waals surface area (Å²) in [5, 5.41) is 3.61. The van der Waals surface area contributed by atoms with Crippen LogP contribution in [0, 0.1) is 5.41 Å². The van der Waals surface area contributed by atoms with Crippen molar-refractivity contribution in [1.29, 1.82) is 0 Å². The van der Waals surface area contributed by atoms with Crippen molar-refractivity contribution in [2.45, 2.75) is 65.3 Å². The lowest BCUT2D eigenvalue weighted by Crippen LogP contribution is -2.28. The van der Waals surface area contributed by atoms with Crippen LogP contribution in [0.4, 0.5) is 0 Å². The fourth-order valence-corrected chi connectivity index (χ4v) is 3.46. The molecule has 0 heterocycles. The minimum atomic E-state index is 0.492. The first-order valence-corrected chi connectivity index (χ1v) is 7.84. The van der Waals surface area contributed by atoms with Crippen molar-refractivity contribution in [3.8, 4) is 0 Å². The Labute approximate surface area is 118 Å². The summed E-state index contributed by atoms with van der Waals surface area (Å²) >= 11 is 0. The van der Waals surface area contributed by atoms with E-state index in [1.54, 1.807) is 0 Å². The molecule has 0 saturated heterocycles. The number of nitrogens with one attached hydrogen (secondary N) is 1. The van der Waals surface area contributed by atoms with Gasteiger partial charge in [-0.3, -0.25) is 0 Å². The maximum atomic E-state index is 3.61. The second kappa shape index (κ2) is 6.09. The summed E-state index contributed by atoms with van der Waals surface area (Å²) in [6.07, 6.45) is 5.26. The van der Waals surface area contributed by atoms with Crippen LogP contribution in [0.1, 0.15) is 64.0 Å². The van der Waals surface area contributed by atoms with Crippen LogP contribution in [0.3, 0.4) is 0 Å². The molecular formula is C18H29N. The normalized spacial score (nSPS) is 27.1. The minimum Gasteiger partial charge on any atom is -0.314 e. The molecule has 2 unspecified atom stereocenters. The molecule has 0 aromatic heterocycles. The Balaban J connectivity index is 1.97. The molecule has 1 aliphatic rings. The van der Waals surface area contributed by atoms with Gasteiger partial charge in [0.1, 0.15) is 0 Å². The second-order valence-corrected chi connectivity index (χ2v) is 6.88. The second-order valence-electron chi connectivity index (χ2n) is 6.88. The van der Waals surface area contributed by atoms with Crippen LogP contribution in [0.5, 0.6) is 0 Å². The van der Waals surface area contributed by atoms with E-state index in [1.807, 2.05) is 0 Å². The Hall–Kier alpha value is -0.820. The summed E-state index contributed by atoms with van der Waals surface area (Å²) in [5.74, 6) is 0.634. The fraction of sp³-hybridized carbons (Fsp3) is 0.667. The molecule has 106 valence electrons. The monoisotopic (exact) mass is 259 g/mol. The van der Waals surface area contributed by atoms with Crippen LogP contribution in [0.25, 0.3) is 0 Å². The van der Waals surface area contributed by atoms with Crippen molar-refractivity contribution < 1.29 is 0 Å². The van der Waals surface area contributed by atoms with Crippen molar-refractivity contribution in [2.75, 3.05) is 6.54 Å². The highest BCUT2D eigenvalue weighted by Gasteiger charge is 2.34. The van der Waals surface area contributed by atoms with Crippen molar-refractivity contribution in [2.24, 2.45) is 5.41 Å². The zero-order valence-corrected chi connectivity index (χ0v) is 13.0. The van der Waals surface area contributed by atoms with Crippen LogP contribution in [0.2, 0.25) is 0 Å². The van der Waals surface area contributed by atoms with Gasteiger partial charge in [0, 0.05) is 6.04 Å². The van der Waals surface area contributed by atoms with Crippen LogP contribution < -0.4 is 5.32 Å². The topological polar surface area (TPSA) is 12.0 Å². The summed E-state index contributed by atoms with van der Waals surface area (Å²) in [6.45, 7) is 10.3. The first kappa shape index (κ1) is 14.6. The lowest BCUT2D eigenvalue weighted by atomic mass is 9.81.